The van der Waals surface area contributed by atoms with Gasteiger partial charge in [-0.15, -0.1) is 0 Å². The number of rotatable bonds is 3. The third-order valence-electron chi connectivity index (χ3n) is 8.66. The van der Waals surface area contributed by atoms with E-state index in [4.69, 9.17) is 4.42 Å². The maximum Gasteiger partial charge on any atom is 0.145 e. The summed E-state index contributed by atoms with van der Waals surface area (Å²) in [6.07, 6.45) is 6.41. The van der Waals surface area contributed by atoms with Gasteiger partial charge in [-0.25, -0.2) is 0 Å². The van der Waals surface area contributed by atoms with Gasteiger partial charge >= 0.3 is 0 Å². The van der Waals surface area contributed by atoms with E-state index >= 15 is 0 Å². The largest absolute Gasteiger partial charge is 0.455 e. The first-order valence-electron chi connectivity index (χ1n) is 14.4. The van der Waals surface area contributed by atoms with E-state index in [1.807, 2.05) is 0 Å². The van der Waals surface area contributed by atoms with Crippen molar-refractivity contribution in [1.82, 2.24) is 5.32 Å². The minimum Gasteiger partial charge on any atom is -0.455 e. The molecular weight excluding hydrogens is 514 g/mol. The molecule has 200 valence electrons. The van der Waals surface area contributed by atoms with Crippen molar-refractivity contribution in [1.29, 1.82) is 0 Å². The molecule has 7 aromatic rings. The van der Waals surface area contributed by atoms with Crippen LogP contribution in [0.15, 0.2) is 144 Å². The van der Waals surface area contributed by atoms with E-state index in [1.165, 1.54) is 38.0 Å². The lowest BCUT2D eigenvalue weighted by Crippen LogP contribution is -2.39. The second-order valence-corrected chi connectivity index (χ2v) is 11.0. The van der Waals surface area contributed by atoms with Crippen LogP contribution in [-0.2, 0) is 0 Å². The van der Waals surface area contributed by atoms with Gasteiger partial charge in [-0.2, -0.15) is 0 Å². The van der Waals surface area contributed by atoms with E-state index in [0.717, 1.165) is 45.9 Å². The van der Waals surface area contributed by atoms with Gasteiger partial charge in [0, 0.05) is 28.6 Å². The van der Waals surface area contributed by atoms with Crippen LogP contribution >= 0.6 is 0 Å². The Morgan fingerprint density at radius 1 is 0.714 bits per heavy atom. The minimum atomic E-state index is -0.00534. The van der Waals surface area contributed by atoms with Gasteiger partial charge in [0.15, 0.2) is 0 Å². The van der Waals surface area contributed by atoms with Crippen molar-refractivity contribution in [3.63, 3.8) is 0 Å². The molecular formula is C38H27N3O. The van der Waals surface area contributed by atoms with Crippen LogP contribution in [0.25, 0.3) is 54.6 Å². The minimum absolute atomic E-state index is 0.00534. The molecule has 0 bridgehead atoms. The van der Waals surface area contributed by atoms with E-state index in [9.17, 15) is 0 Å². The molecule has 6 aromatic carbocycles. The Bertz CT molecular complexity index is 2240. The molecule has 0 saturated carbocycles. The third kappa shape index (κ3) is 3.42. The lowest BCUT2D eigenvalue weighted by atomic mass is 9.94. The number of hydrogen-bond acceptors (Lipinski definition) is 4. The van der Waals surface area contributed by atoms with E-state index in [0.29, 0.717) is 0 Å². The molecule has 4 heteroatoms. The van der Waals surface area contributed by atoms with Crippen molar-refractivity contribution in [3.8, 4) is 11.1 Å². The zero-order valence-electron chi connectivity index (χ0n) is 22.8. The van der Waals surface area contributed by atoms with Gasteiger partial charge in [0.2, 0.25) is 0 Å². The Morgan fingerprint density at radius 3 is 2.31 bits per heavy atom. The van der Waals surface area contributed by atoms with Gasteiger partial charge in [-0.1, -0.05) is 91.0 Å². The maximum absolute atomic E-state index is 6.68. The van der Waals surface area contributed by atoms with Crippen molar-refractivity contribution in [3.05, 3.63) is 139 Å². The first-order chi connectivity index (χ1) is 20.8. The SMILES string of the molecule is C1=CCNC(C2Nc3ccccc3N2c2ccc(-c3cc4ccccc4c4c3oc3ccc5ccccc5c34)cc2)=C1. The van der Waals surface area contributed by atoms with Crippen LogP contribution in [0, 0.1) is 0 Å². The van der Waals surface area contributed by atoms with Crippen molar-refractivity contribution < 1.29 is 4.42 Å². The fourth-order valence-corrected chi connectivity index (χ4v) is 6.73. The maximum atomic E-state index is 6.68. The summed E-state index contributed by atoms with van der Waals surface area (Å²) in [6.45, 7) is 0.831. The van der Waals surface area contributed by atoms with Crippen molar-refractivity contribution >= 4 is 60.5 Å². The number of nitrogens with zero attached hydrogens (tertiary/aromatic N) is 1. The number of dihydropyridines is 1. The normalized spacial score (nSPS) is 16.1. The topological polar surface area (TPSA) is 40.4 Å². The summed E-state index contributed by atoms with van der Waals surface area (Å²) in [5.41, 5.74) is 8.68. The van der Waals surface area contributed by atoms with Crippen LogP contribution in [0.4, 0.5) is 17.1 Å². The molecule has 9 rings (SSSR count). The molecule has 0 fully saturated rings. The lowest BCUT2D eigenvalue weighted by Gasteiger charge is -2.30. The Balaban J connectivity index is 1.23. The first kappa shape index (κ1) is 23.2. The van der Waals surface area contributed by atoms with E-state index < -0.39 is 0 Å². The predicted octanol–water partition coefficient (Wildman–Crippen LogP) is 9.49. The van der Waals surface area contributed by atoms with Gasteiger partial charge in [0.25, 0.3) is 0 Å². The highest BCUT2D eigenvalue weighted by atomic mass is 16.3. The van der Waals surface area contributed by atoms with Gasteiger partial charge in [0.05, 0.1) is 17.1 Å². The summed E-state index contributed by atoms with van der Waals surface area (Å²) < 4.78 is 6.68. The van der Waals surface area contributed by atoms with Crippen LogP contribution in [-0.4, -0.2) is 12.7 Å². The number of hydrogen-bond donors (Lipinski definition) is 2. The molecule has 0 amide bonds. The molecule has 2 N–H and O–H groups in total. The molecule has 1 atom stereocenters. The molecule has 2 aliphatic heterocycles. The zero-order chi connectivity index (χ0) is 27.6. The summed E-state index contributed by atoms with van der Waals surface area (Å²) >= 11 is 0. The van der Waals surface area contributed by atoms with Crippen molar-refractivity contribution in [2.75, 3.05) is 16.8 Å². The second-order valence-electron chi connectivity index (χ2n) is 11.0. The van der Waals surface area contributed by atoms with Crippen molar-refractivity contribution in [2.24, 2.45) is 0 Å². The third-order valence-corrected chi connectivity index (χ3v) is 8.66. The molecule has 1 aromatic heterocycles. The summed E-state index contributed by atoms with van der Waals surface area (Å²) in [7, 11) is 0. The molecule has 2 aliphatic rings. The van der Waals surface area contributed by atoms with Crippen LogP contribution in [0.5, 0.6) is 0 Å². The quantitative estimate of drug-likeness (QED) is 0.234. The number of fused-ring (bicyclic) bond motifs is 8. The first-order valence-corrected chi connectivity index (χ1v) is 14.4. The highest BCUT2D eigenvalue weighted by molar-refractivity contribution is 6.28. The molecule has 1 unspecified atom stereocenters. The van der Waals surface area contributed by atoms with Gasteiger partial charge < -0.3 is 20.0 Å². The van der Waals surface area contributed by atoms with Crippen LogP contribution < -0.4 is 15.5 Å². The van der Waals surface area contributed by atoms with E-state index in [1.54, 1.807) is 0 Å². The highest BCUT2D eigenvalue weighted by Gasteiger charge is 2.32. The van der Waals surface area contributed by atoms with Crippen LogP contribution in [0.1, 0.15) is 0 Å². The standard InChI is InChI=1S/C38H27N3O/c1-3-11-28-24(9-1)18-21-34-35(28)36-29-12-4-2-10-26(29)23-30(37(36)42-34)25-16-19-27(20-17-25)41-33-15-6-5-13-31(33)40-38(41)32-14-7-8-22-39-32/h1-21,23,38-40H,22H2. The molecule has 0 aliphatic carbocycles. The summed E-state index contributed by atoms with van der Waals surface area (Å²) in [6, 6.07) is 41.2. The smallest absolute Gasteiger partial charge is 0.145 e. The van der Waals surface area contributed by atoms with Gasteiger partial charge in [0.1, 0.15) is 17.3 Å². The van der Waals surface area contributed by atoms with Crippen molar-refractivity contribution in [2.45, 2.75) is 6.17 Å². The fraction of sp³-hybridized carbons (Fsp3) is 0.0526. The van der Waals surface area contributed by atoms with E-state index in [2.05, 4.69) is 149 Å². The Labute approximate surface area is 243 Å². The molecule has 42 heavy (non-hydrogen) atoms. The fourth-order valence-electron chi connectivity index (χ4n) is 6.73. The number of benzene rings is 6. The number of furan rings is 1. The monoisotopic (exact) mass is 541 g/mol. The number of para-hydroxylation sites is 2. The molecule has 0 saturated heterocycles. The zero-order valence-corrected chi connectivity index (χ0v) is 22.8. The summed E-state index contributed by atoms with van der Waals surface area (Å²) in [5, 5.41) is 14.5. The van der Waals surface area contributed by atoms with Crippen LogP contribution in [0.3, 0.4) is 0 Å². The Hall–Kier alpha value is -5.48. The highest BCUT2D eigenvalue weighted by Crippen LogP contribution is 2.45. The van der Waals surface area contributed by atoms with Gasteiger partial charge in [-0.3, -0.25) is 0 Å². The summed E-state index contributed by atoms with van der Waals surface area (Å²) in [4.78, 5) is 2.38. The number of anilines is 3. The average Bonchev–Trinajstić information content (AvgIpc) is 3.65. The van der Waals surface area contributed by atoms with Crippen LogP contribution in [0.2, 0.25) is 0 Å². The Kier molecular flexibility index (Phi) is 4.99. The molecule has 3 heterocycles. The Morgan fingerprint density at radius 2 is 1.48 bits per heavy atom. The van der Waals surface area contributed by atoms with E-state index in [-0.39, 0.29) is 6.17 Å². The summed E-state index contributed by atoms with van der Waals surface area (Å²) in [5.74, 6) is 0. The molecule has 0 spiro atoms. The number of allylic oxidation sites excluding steroid dienone is 2. The molecule has 0 radical (unpaired) electrons. The van der Waals surface area contributed by atoms with Gasteiger partial charge in [-0.05, 0) is 69.6 Å². The average molecular weight is 542 g/mol. The molecule has 4 nitrogen and oxygen atoms in total. The lowest BCUT2D eigenvalue weighted by molar-refractivity contribution is 0.670. The number of nitrogens with one attached hydrogen (secondary N) is 2. The second kappa shape index (κ2) is 9.02. The predicted molar refractivity (Wildman–Crippen MR) is 175 cm³/mol.